The summed E-state index contributed by atoms with van der Waals surface area (Å²) in [5.41, 5.74) is 0.0218. The van der Waals surface area contributed by atoms with Gasteiger partial charge in [0.15, 0.2) is 5.82 Å². The largest absolute Gasteiger partial charge is 0.388 e. The number of hydrogen-bond acceptors (Lipinski definition) is 5. The fraction of sp³-hybridized carbons (Fsp3) is 0.824. The molecule has 0 bridgehead atoms. The van der Waals surface area contributed by atoms with Gasteiger partial charge in [-0.25, -0.2) is 4.79 Å². The molecule has 1 saturated heterocycles. The predicted molar refractivity (Wildman–Crippen MR) is 96.2 cm³/mol. The third-order valence-corrected chi connectivity index (χ3v) is 4.68. The maximum atomic E-state index is 12.6. The Morgan fingerprint density at radius 3 is 2.72 bits per heavy atom. The first-order valence-electron chi connectivity index (χ1n) is 8.90. The molecule has 8 nitrogen and oxygen atoms in total. The summed E-state index contributed by atoms with van der Waals surface area (Å²) in [6.07, 6.45) is 1.92. The molecular weight excluding hydrogens is 320 g/mol. The summed E-state index contributed by atoms with van der Waals surface area (Å²) in [5, 5.41) is 20.6. The van der Waals surface area contributed by atoms with Crippen LogP contribution >= 0.6 is 0 Å². The number of carbonyl (C=O) groups excluding carboxylic acids is 1. The van der Waals surface area contributed by atoms with Crippen molar-refractivity contribution in [3.8, 4) is 0 Å². The van der Waals surface area contributed by atoms with Crippen LogP contribution in [0.5, 0.6) is 0 Å². The molecule has 1 fully saturated rings. The second-order valence-corrected chi connectivity index (χ2v) is 8.04. The van der Waals surface area contributed by atoms with Crippen LogP contribution in [0.1, 0.15) is 44.3 Å². The molecule has 0 aromatic carbocycles. The summed E-state index contributed by atoms with van der Waals surface area (Å²) in [5.74, 6) is 1.56. The zero-order valence-corrected chi connectivity index (χ0v) is 16.1. The number of urea groups is 1. The van der Waals surface area contributed by atoms with Gasteiger partial charge in [0.25, 0.3) is 0 Å². The van der Waals surface area contributed by atoms with Crippen LogP contribution in [0.3, 0.4) is 0 Å². The van der Waals surface area contributed by atoms with Crippen molar-refractivity contribution in [1.82, 2.24) is 29.9 Å². The normalized spacial score (nSPS) is 18.7. The maximum Gasteiger partial charge on any atom is 0.317 e. The molecule has 0 unspecified atom stereocenters. The lowest BCUT2D eigenvalue weighted by Gasteiger charge is -2.34. The summed E-state index contributed by atoms with van der Waals surface area (Å²) >= 11 is 0. The number of nitrogens with zero attached hydrogens (tertiary/aromatic N) is 5. The summed E-state index contributed by atoms with van der Waals surface area (Å²) < 4.78 is 1.84. The van der Waals surface area contributed by atoms with E-state index in [0.29, 0.717) is 18.9 Å². The Morgan fingerprint density at radius 1 is 1.40 bits per heavy atom. The third kappa shape index (κ3) is 5.15. The fourth-order valence-electron chi connectivity index (χ4n) is 3.58. The fourth-order valence-corrected chi connectivity index (χ4v) is 3.58. The number of hydrogen-bond donors (Lipinski definition) is 2. The maximum absolute atomic E-state index is 12.6. The van der Waals surface area contributed by atoms with E-state index in [0.717, 1.165) is 31.8 Å². The Bertz CT molecular complexity index is 584. The second-order valence-electron chi connectivity index (χ2n) is 8.04. The summed E-state index contributed by atoms with van der Waals surface area (Å²) in [6.45, 7) is 7.15. The molecule has 2 heterocycles. The number of carbonyl (C=O) groups is 1. The molecule has 2 amide bonds. The molecule has 1 aromatic rings. The average Bonchev–Trinajstić information content (AvgIpc) is 2.92. The highest BCUT2D eigenvalue weighted by molar-refractivity contribution is 5.74. The number of nitrogens with one attached hydrogen (secondary N) is 1. The van der Waals surface area contributed by atoms with Crippen LogP contribution < -0.4 is 5.32 Å². The van der Waals surface area contributed by atoms with Gasteiger partial charge >= 0.3 is 6.03 Å². The second kappa shape index (κ2) is 8.14. The molecule has 1 atom stereocenters. The number of aliphatic hydroxyl groups excluding tert-OH is 1. The van der Waals surface area contributed by atoms with Crippen molar-refractivity contribution in [2.75, 3.05) is 40.3 Å². The summed E-state index contributed by atoms with van der Waals surface area (Å²) in [7, 11) is 5.95. The zero-order chi connectivity index (χ0) is 18.6. The zero-order valence-electron chi connectivity index (χ0n) is 16.1. The van der Waals surface area contributed by atoms with E-state index >= 15 is 0 Å². The van der Waals surface area contributed by atoms with Gasteiger partial charge in [-0.3, -0.25) is 0 Å². The highest BCUT2D eigenvalue weighted by Gasteiger charge is 2.29. The lowest BCUT2D eigenvalue weighted by Crippen LogP contribution is -2.48. The molecule has 2 rings (SSSR count). The van der Waals surface area contributed by atoms with Gasteiger partial charge in [-0.1, -0.05) is 13.8 Å². The van der Waals surface area contributed by atoms with Gasteiger partial charge in [-0.2, -0.15) is 0 Å². The molecule has 142 valence electrons. The van der Waals surface area contributed by atoms with Crippen LogP contribution in [-0.2, 0) is 13.7 Å². The van der Waals surface area contributed by atoms with E-state index in [4.69, 9.17) is 0 Å². The van der Waals surface area contributed by atoms with Crippen LogP contribution in [0.4, 0.5) is 4.79 Å². The van der Waals surface area contributed by atoms with E-state index in [1.54, 1.807) is 0 Å². The van der Waals surface area contributed by atoms with E-state index in [1.165, 1.54) is 0 Å². The molecule has 1 aliphatic heterocycles. The molecule has 0 spiro atoms. The highest BCUT2D eigenvalue weighted by atomic mass is 16.3. The minimum absolute atomic E-state index is 0.0129. The minimum atomic E-state index is -0.124. The molecule has 0 radical (unpaired) electrons. The van der Waals surface area contributed by atoms with Gasteiger partial charge in [0.2, 0.25) is 0 Å². The van der Waals surface area contributed by atoms with Crippen molar-refractivity contribution < 1.29 is 9.90 Å². The van der Waals surface area contributed by atoms with Crippen LogP contribution in [-0.4, -0.2) is 76.0 Å². The molecule has 25 heavy (non-hydrogen) atoms. The van der Waals surface area contributed by atoms with Gasteiger partial charge in [0.05, 0.1) is 0 Å². The van der Waals surface area contributed by atoms with E-state index in [-0.39, 0.29) is 24.0 Å². The monoisotopic (exact) mass is 352 g/mol. The molecule has 1 aromatic heterocycles. The number of amides is 2. The van der Waals surface area contributed by atoms with Crippen molar-refractivity contribution in [3.63, 3.8) is 0 Å². The number of piperidine rings is 1. The number of aliphatic hydroxyl groups is 1. The SMILES string of the molecule is CN(C)CC(C)(C)CNC(=O)N1CCC[C@H](c2nnc(CO)n2C)C1. The van der Waals surface area contributed by atoms with Gasteiger partial charge in [-0.15, -0.1) is 10.2 Å². The smallest absolute Gasteiger partial charge is 0.317 e. The van der Waals surface area contributed by atoms with Crippen molar-refractivity contribution in [2.45, 2.75) is 39.2 Å². The molecule has 0 saturated carbocycles. The Kier molecular flexibility index (Phi) is 6.40. The predicted octanol–water partition coefficient (Wildman–Crippen LogP) is 0.784. The molecule has 0 aliphatic carbocycles. The van der Waals surface area contributed by atoms with Crippen LogP contribution in [0, 0.1) is 5.41 Å². The van der Waals surface area contributed by atoms with E-state index < -0.39 is 0 Å². The van der Waals surface area contributed by atoms with Crippen LogP contribution in [0.25, 0.3) is 0 Å². The van der Waals surface area contributed by atoms with E-state index in [1.807, 2.05) is 30.6 Å². The molecule has 1 aliphatic rings. The molecule has 8 heteroatoms. The molecule has 2 N–H and O–H groups in total. The summed E-state index contributed by atoms with van der Waals surface area (Å²) in [6, 6.07) is -0.0129. The summed E-state index contributed by atoms with van der Waals surface area (Å²) in [4.78, 5) is 16.6. The van der Waals surface area contributed by atoms with Gasteiger partial charge in [-0.05, 0) is 32.4 Å². The van der Waals surface area contributed by atoms with Crippen LogP contribution in [0.2, 0.25) is 0 Å². The van der Waals surface area contributed by atoms with Crippen molar-refractivity contribution in [1.29, 1.82) is 0 Å². The van der Waals surface area contributed by atoms with Gasteiger partial charge in [0, 0.05) is 39.1 Å². The lowest BCUT2D eigenvalue weighted by molar-refractivity contribution is 0.168. The molecular formula is C17H32N6O2. The first-order chi connectivity index (χ1) is 11.7. The number of likely N-dealkylation sites (tertiary alicyclic amines) is 1. The average molecular weight is 352 g/mol. The third-order valence-electron chi connectivity index (χ3n) is 4.68. The minimum Gasteiger partial charge on any atom is -0.388 e. The lowest BCUT2D eigenvalue weighted by atomic mass is 9.93. The Hall–Kier alpha value is -1.67. The van der Waals surface area contributed by atoms with Crippen molar-refractivity contribution in [2.24, 2.45) is 12.5 Å². The Morgan fingerprint density at radius 2 is 2.12 bits per heavy atom. The number of rotatable bonds is 6. The van der Waals surface area contributed by atoms with Crippen molar-refractivity contribution >= 4 is 6.03 Å². The number of aromatic nitrogens is 3. The van der Waals surface area contributed by atoms with E-state index in [2.05, 4.69) is 34.3 Å². The quantitative estimate of drug-likeness (QED) is 0.790. The van der Waals surface area contributed by atoms with Crippen LogP contribution in [0.15, 0.2) is 0 Å². The first kappa shape index (κ1) is 19.7. The topological polar surface area (TPSA) is 86.5 Å². The van der Waals surface area contributed by atoms with Gasteiger partial charge < -0.3 is 24.8 Å². The van der Waals surface area contributed by atoms with Crippen molar-refractivity contribution in [3.05, 3.63) is 11.6 Å². The highest BCUT2D eigenvalue weighted by Crippen LogP contribution is 2.26. The standard InChI is InChI=1S/C17H32N6O2/c1-17(2,12-21(3)4)11-18-16(25)23-8-6-7-13(9-23)15-20-19-14(10-24)22(15)5/h13,24H,6-12H2,1-5H3,(H,18,25)/t13-/m0/s1. The first-order valence-corrected chi connectivity index (χ1v) is 8.90. The Labute approximate surface area is 150 Å². The van der Waals surface area contributed by atoms with E-state index in [9.17, 15) is 9.90 Å². The van der Waals surface area contributed by atoms with Gasteiger partial charge in [0.1, 0.15) is 12.4 Å². The Balaban J connectivity index is 1.94.